The molecule has 1 heterocycles. The Hall–Kier alpha value is -3.05. The number of rotatable bonds is 8. The maximum Gasteiger partial charge on any atom is 0.255 e. The summed E-state index contributed by atoms with van der Waals surface area (Å²) in [6, 6.07) is 21.8. The van der Waals surface area contributed by atoms with Crippen molar-refractivity contribution in [3.63, 3.8) is 0 Å². The molecule has 1 N–H and O–H groups in total. The fraction of sp³-hybridized carbons (Fsp3) is 0.310. The smallest absolute Gasteiger partial charge is 0.255 e. The van der Waals surface area contributed by atoms with Crippen LogP contribution in [0.25, 0.3) is 0 Å². The van der Waals surface area contributed by atoms with Gasteiger partial charge in [-0.1, -0.05) is 50.1 Å². The quantitative estimate of drug-likeness (QED) is 0.357. The van der Waals surface area contributed by atoms with Crippen LogP contribution < -0.4 is 10.2 Å². The largest absolute Gasteiger partial charge is 0.322 e. The van der Waals surface area contributed by atoms with E-state index < -0.39 is 0 Å². The first-order chi connectivity index (χ1) is 16.5. The van der Waals surface area contributed by atoms with Crippen LogP contribution in [0.4, 0.5) is 11.4 Å². The predicted molar refractivity (Wildman–Crippen MR) is 143 cm³/mol. The van der Waals surface area contributed by atoms with Crippen LogP contribution in [-0.2, 0) is 11.2 Å². The van der Waals surface area contributed by atoms with E-state index in [4.69, 9.17) is 0 Å². The number of unbranched alkanes of at least 4 members (excludes halogenated alkanes) is 2. The second kappa shape index (κ2) is 10.9. The molecule has 1 aliphatic rings. The summed E-state index contributed by atoms with van der Waals surface area (Å²) in [7, 11) is 0. The van der Waals surface area contributed by atoms with Gasteiger partial charge in [-0.25, -0.2) is 0 Å². The van der Waals surface area contributed by atoms with Crippen LogP contribution in [0, 0.1) is 13.8 Å². The Morgan fingerprint density at radius 3 is 2.53 bits per heavy atom. The van der Waals surface area contributed by atoms with Crippen LogP contribution in [0.2, 0.25) is 0 Å². The average molecular weight is 473 g/mol. The number of amides is 2. The summed E-state index contributed by atoms with van der Waals surface area (Å²) in [5, 5.41) is 2.91. The second-order valence-electron chi connectivity index (χ2n) is 8.93. The fourth-order valence-corrected chi connectivity index (χ4v) is 5.37. The van der Waals surface area contributed by atoms with Gasteiger partial charge in [-0.05, 0) is 85.3 Å². The van der Waals surface area contributed by atoms with Gasteiger partial charge in [0.2, 0.25) is 5.91 Å². The van der Waals surface area contributed by atoms with E-state index in [0.717, 1.165) is 23.4 Å². The highest BCUT2D eigenvalue weighted by Gasteiger charge is 2.34. The molecular formula is C29H32N2O2S. The van der Waals surface area contributed by atoms with E-state index in [-0.39, 0.29) is 17.2 Å². The van der Waals surface area contributed by atoms with Gasteiger partial charge in [0.1, 0.15) is 5.37 Å². The molecule has 176 valence electrons. The summed E-state index contributed by atoms with van der Waals surface area (Å²) in [4.78, 5) is 27.5. The number of thioether (sulfide) groups is 1. The summed E-state index contributed by atoms with van der Waals surface area (Å²) in [5.74, 6) is 0.420. The van der Waals surface area contributed by atoms with Crippen LogP contribution >= 0.6 is 11.8 Å². The average Bonchev–Trinajstić information content (AvgIpc) is 3.23. The number of carbonyl (C=O) groups is 2. The lowest BCUT2D eigenvalue weighted by Crippen LogP contribution is -2.28. The maximum absolute atomic E-state index is 12.8. The molecule has 3 aromatic rings. The number of nitrogens with zero attached hydrogens (tertiary/aromatic N) is 1. The highest BCUT2D eigenvalue weighted by molar-refractivity contribution is 8.00. The van der Waals surface area contributed by atoms with E-state index in [2.05, 4.69) is 38.2 Å². The van der Waals surface area contributed by atoms with Crippen molar-refractivity contribution in [2.75, 3.05) is 16.0 Å². The standard InChI is InChI=1S/C29H32N2O2S/c1-4-5-6-8-22-12-14-23(15-13-22)28(33)30-25-10-7-9-24(18-25)29-31(27(32)19-34-29)26-16-11-20(2)21(3)17-26/h7,9-18,29H,4-6,8,19H2,1-3H3,(H,30,33)/t29-/m1/s1. The molecule has 5 heteroatoms. The molecule has 4 nitrogen and oxygen atoms in total. The van der Waals surface area contributed by atoms with E-state index in [0.29, 0.717) is 11.3 Å². The van der Waals surface area contributed by atoms with Crippen LogP contribution in [-0.4, -0.2) is 17.6 Å². The third kappa shape index (κ3) is 5.53. The van der Waals surface area contributed by atoms with Crippen LogP contribution in [0.5, 0.6) is 0 Å². The predicted octanol–water partition coefficient (Wildman–Crippen LogP) is 7.07. The van der Waals surface area contributed by atoms with Crippen molar-refractivity contribution in [1.82, 2.24) is 0 Å². The van der Waals surface area contributed by atoms with Gasteiger partial charge in [-0.3, -0.25) is 14.5 Å². The van der Waals surface area contributed by atoms with Gasteiger partial charge < -0.3 is 5.32 Å². The van der Waals surface area contributed by atoms with Gasteiger partial charge in [0, 0.05) is 16.9 Å². The van der Waals surface area contributed by atoms with Gasteiger partial charge in [-0.15, -0.1) is 11.8 Å². The molecule has 0 unspecified atom stereocenters. The minimum absolute atomic E-state index is 0.103. The summed E-state index contributed by atoms with van der Waals surface area (Å²) in [6.07, 6.45) is 4.65. The summed E-state index contributed by atoms with van der Waals surface area (Å²) >= 11 is 1.61. The molecule has 2 amide bonds. The first-order valence-corrected chi connectivity index (χ1v) is 13.0. The lowest BCUT2D eigenvalue weighted by atomic mass is 10.0. The Morgan fingerprint density at radius 1 is 1.00 bits per heavy atom. The molecule has 4 rings (SSSR count). The Morgan fingerprint density at radius 2 is 1.79 bits per heavy atom. The summed E-state index contributed by atoms with van der Waals surface area (Å²) in [6.45, 7) is 6.34. The minimum Gasteiger partial charge on any atom is -0.322 e. The molecule has 34 heavy (non-hydrogen) atoms. The zero-order chi connectivity index (χ0) is 24.1. The van der Waals surface area contributed by atoms with Gasteiger partial charge in [-0.2, -0.15) is 0 Å². The molecule has 0 aromatic heterocycles. The van der Waals surface area contributed by atoms with Crippen molar-refractivity contribution in [2.45, 2.75) is 51.8 Å². The number of hydrogen-bond donors (Lipinski definition) is 1. The number of benzene rings is 3. The zero-order valence-electron chi connectivity index (χ0n) is 20.1. The van der Waals surface area contributed by atoms with Crippen LogP contribution in [0.15, 0.2) is 66.7 Å². The van der Waals surface area contributed by atoms with Crippen molar-refractivity contribution in [1.29, 1.82) is 0 Å². The van der Waals surface area contributed by atoms with Crippen LogP contribution in [0.3, 0.4) is 0 Å². The third-order valence-electron chi connectivity index (χ3n) is 6.35. The molecule has 0 bridgehead atoms. The van der Waals surface area contributed by atoms with E-state index >= 15 is 0 Å². The molecule has 1 saturated heterocycles. The van der Waals surface area contributed by atoms with Crippen molar-refractivity contribution < 1.29 is 9.59 Å². The fourth-order valence-electron chi connectivity index (χ4n) is 4.20. The van der Waals surface area contributed by atoms with Gasteiger partial charge in [0.05, 0.1) is 5.75 Å². The van der Waals surface area contributed by atoms with Gasteiger partial charge in [0.25, 0.3) is 5.91 Å². The number of carbonyl (C=O) groups excluding carboxylic acids is 2. The monoisotopic (exact) mass is 472 g/mol. The Balaban J connectivity index is 1.48. The molecule has 0 aliphatic carbocycles. The molecule has 3 aromatic carbocycles. The molecule has 0 saturated carbocycles. The molecular weight excluding hydrogens is 440 g/mol. The lowest BCUT2D eigenvalue weighted by Gasteiger charge is -2.25. The van der Waals surface area contributed by atoms with Crippen molar-refractivity contribution in [3.8, 4) is 0 Å². The first kappa shape index (κ1) is 24.1. The SMILES string of the molecule is CCCCCc1ccc(C(=O)Nc2cccc([C@H]3SCC(=O)N3c3ccc(C)c(C)c3)c2)cc1. The van der Waals surface area contributed by atoms with Crippen molar-refractivity contribution >= 4 is 35.0 Å². The molecule has 0 spiro atoms. The lowest BCUT2D eigenvalue weighted by molar-refractivity contribution is -0.115. The minimum atomic E-state index is -0.126. The number of aryl methyl sites for hydroxylation is 3. The summed E-state index contributed by atoms with van der Waals surface area (Å²) in [5.41, 5.74) is 6.93. The normalized spacial score (nSPS) is 15.6. The highest BCUT2D eigenvalue weighted by atomic mass is 32.2. The molecule has 0 radical (unpaired) electrons. The summed E-state index contributed by atoms with van der Waals surface area (Å²) < 4.78 is 0. The molecule has 1 atom stereocenters. The molecule has 1 fully saturated rings. The first-order valence-electron chi connectivity index (χ1n) is 12.0. The highest BCUT2D eigenvalue weighted by Crippen LogP contribution is 2.42. The van der Waals surface area contributed by atoms with Crippen molar-refractivity contribution in [2.24, 2.45) is 0 Å². The Labute approximate surface area is 206 Å². The number of nitrogens with one attached hydrogen (secondary N) is 1. The zero-order valence-corrected chi connectivity index (χ0v) is 21.0. The second-order valence-corrected chi connectivity index (χ2v) is 10.00. The van der Waals surface area contributed by atoms with E-state index in [1.807, 2.05) is 59.5 Å². The molecule has 1 aliphatic heterocycles. The Kier molecular flexibility index (Phi) is 7.73. The van der Waals surface area contributed by atoms with Gasteiger partial charge >= 0.3 is 0 Å². The number of hydrogen-bond acceptors (Lipinski definition) is 3. The van der Waals surface area contributed by atoms with Crippen molar-refractivity contribution in [3.05, 3.63) is 94.5 Å². The van der Waals surface area contributed by atoms with E-state index in [1.165, 1.54) is 36.0 Å². The van der Waals surface area contributed by atoms with Crippen LogP contribution in [0.1, 0.15) is 64.2 Å². The third-order valence-corrected chi connectivity index (χ3v) is 7.56. The number of anilines is 2. The van der Waals surface area contributed by atoms with E-state index in [9.17, 15) is 9.59 Å². The topological polar surface area (TPSA) is 49.4 Å². The Bertz CT molecular complexity index is 1170. The van der Waals surface area contributed by atoms with Gasteiger partial charge in [0.15, 0.2) is 0 Å². The van der Waals surface area contributed by atoms with E-state index in [1.54, 1.807) is 11.8 Å². The maximum atomic E-state index is 12.8.